The van der Waals surface area contributed by atoms with Crippen molar-refractivity contribution < 1.29 is 14.7 Å². The molecule has 0 fully saturated rings. The number of carboxylic acid groups (broad SMARTS) is 1. The summed E-state index contributed by atoms with van der Waals surface area (Å²) in [5, 5.41) is 11.9. The molecule has 2 aromatic rings. The molecule has 2 N–H and O–H groups in total. The van der Waals surface area contributed by atoms with Gasteiger partial charge in [0.15, 0.2) is 0 Å². The van der Waals surface area contributed by atoms with Crippen molar-refractivity contribution in [3.05, 3.63) is 57.3 Å². The van der Waals surface area contributed by atoms with Crippen molar-refractivity contribution in [1.82, 2.24) is 4.98 Å². The standard InChI is InChI=1S/C14H10Cl2N2O3/c1-7-8(14(20)21)3-2-4-10(7)17-13(19)12-9(15)5-6-11(16)18-12/h2-6H,1H3,(H,17,19)(H,20,21). The van der Waals surface area contributed by atoms with Crippen LogP contribution in [0.1, 0.15) is 26.4 Å². The van der Waals surface area contributed by atoms with Gasteiger partial charge in [0.25, 0.3) is 5.91 Å². The molecule has 108 valence electrons. The molecule has 7 heteroatoms. The normalized spacial score (nSPS) is 10.2. The molecule has 0 unspecified atom stereocenters. The average Bonchev–Trinajstić information content (AvgIpc) is 2.43. The number of nitrogens with one attached hydrogen (secondary N) is 1. The number of carbonyl (C=O) groups excluding carboxylic acids is 1. The van der Waals surface area contributed by atoms with E-state index in [-0.39, 0.29) is 21.4 Å². The van der Waals surface area contributed by atoms with E-state index >= 15 is 0 Å². The maximum Gasteiger partial charge on any atom is 0.336 e. The lowest BCUT2D eigenvalue weighted by Crippen LogP contribution is -2.16. The van der Waals surface area contributed by atoms with E-state index in [4.69, 9.17) is 28.3 Å². The number of amides is 1. The van der Waals surface area contributed by atoms with Crippen LogP contribution in [-0.4, -0.2) is 22.0 Å². The van der Waals surface area contributed by atoms with E-state index in [1.54, 1.807) is 19.1 Å². The first-order chi connectivity index (χ1) is 9.90. The second-order valence-corrected chi connectivity index (χ2v) is 5.00. The number of hydrogen-bond donors (Lipinski definition) is 2. The molecule has 1 heterocycles. The maximum atomic E-state index is 12.2. The van der Waals surface area contributed by atoms with E-state index in [0.29, 0.717) is 11.3 Å². The van der Waals surface area contributed by atoms with Gasteiger partial charge in [-0.2, -0.15) is 0 Å². The molecule has 0 aliphatic rings. The van der Waals surface area contributed by atoms with Crippen LogP contribution in [0.5, 0.6) is 0 Å². The number of pyridine rings is 1. The quantitative estimate of drug-likeness (QED) is 0.844. The van der Waals surface area contributed by atoms with E-state index in [0.717, 1.165) is 0 Å². The fourth-order valence-corrected chi connectivity index (χ4v) is 2.10. The van der Waals surface area contributed by atoms with Gasteiger partial charge in [0, 0.05) is 5.69 Å². The molecule has 2 rings (SSSR count). The summed E-state index contributed by atoms with van der Waals surface area (Å²) in [5.74, 6) is -1.63. The Morgan fingerprint density at radius 1 is 1.19 bits per heavy atom. The van der Waals surface area contributed by atoms with E-state index in [1.165, 1.54) is 18.2 Å². The van der Waals surface area contributed by atoms with Crippen molar-refractivity contribution in [1.29, 1.82) is 0 Å². The third-order valence-electron chi connectivity index (χ3n) is 2.84. The number of halogens is 2. The van der Waals surface area contributed by atoms with Crippen molar-refractivity contribution >= 4 is 40.8 Å². The molecule has 0 saturated heterocycles. The molecule has 0 bridgehead atoms. The summed E-state index contributed by atoms with van der Waals surface area (Å²) in [5.41, 5.74) is 0.900. The van der Waals surface area contributed by atoms with Crippen LogP contribution in [0, 0.1) is 6.92 Å². The van der Waals surface area contributed by atoms with Gasteiger partial charge in [0.2, 0.25) is 0 Å². The van der Waals surface area contributed by atoms with Crippen molar-refractivity contribution in [2.24, 2.45) is 0 Å². The van der Waals surface area contributed by atoms with Gasteiger partial charge >= 0.3 is 5.97 Å². The van der Waals surface area contributed by atoms with Crippen LogP contribution in [-0.2, 0) is 0 Å². The minimum Gasteiger partial charge on any atom is -0.478 e. The molecular weight excluding hydrogens is 315 g/mol. The highest BCUT2D eigenvalue weighted by atomic mass is 35.5. The minimum atomic E-state index is -1.07. The summed E-state index contributed by atoms with van der Waals surface area (Å²) in [4.78, 5) is 27.1. The lowest BCUT2D eigenvalue weighted by Gasteiger charge is -2.10. The summed E-state index contributed by atoms with van der Waals surface area (Å²) in [6, 6.07) is 7.53. The number of hydrogen-bond acceptors (Lipinski definition) is 3. The Bertz CT molecular complexity index is 732. The number of anilines is 1. The topological polar surface area (TPSA) is 79.3 Å². The molecule has 21 heavy (non-hydrogen) atoms. The summed E-state index contributed by atoms with van der Waals surface area (Å²) >= 11 is 11.6. The van der Waals surface area contributed by atoms with Crippen molar-refractivity contribution in [3.63, 3.8) is 0 Å². The Hall–Kier alpha value is -2.11. The van der Waals surface area contributed by atoms with Crippen molar-refractivity contribution in [3.8, 4) is 0 Å². The number of benzene rings is 1. The average molecular weight is 325 g/mol. The number of aromatic nitrogens is 1. The Morgan fingerprint density at radius 3 is 2.57 bits per heavy atom. The van der Waals surface area contributed by atoms with Crippen molar-refractivity contribution in [2.75, 3.05) is 5.32 Å². The van der Waals surface area contributed by atoms with E-state index in [9.17, 15) is 9.59 Å². The number of aromatic carboxylic acids is 1. The van der Waals surface area contributed by atoms with Gasteiger partial charge in [-0.05, 0) is 36.8 Å². The lowest BCUT2D eigenvalue weighted by molar-refractivity contribution is 0.0695. The van der Waals surface area contributed by atoms with E-state index in [2.05, 4.69) is 10.3 Å². The first-order valence-electron chi connectivity index (χ1n) is 5.86. The number of carbonyl (C=O) groups is 2. The first-order valence-corrected chi connectivity index (χ1v) is 6.62. The zero-order valence-corrected chi connectivity index (χ0v) is 12.4. The van der Waals surface area contributed by atoms with Crippen LogP contribution in [0.3, 0.4) is 0 Å². The lowest BCUT2D eigenvalue weighted by atomic mass is 10.1. The zero-order chi connectivity index (χ0) is 15.6. The van der Waals surface area contributed by atoms with Gasteiger partial charge in [0.1, 0.15) is 10.8 Å². The van der Waals surface area contributed by atoms with Crippen LogP contribution in [0.25, 0.3) is 0 Å². The van der Waals surface area contributed by atoms with Crippen LogP contribution in [0.15, 0.2) is 30.3 Å². The zero-order valence-electron chi connectivity index (χ0n) is 10.9. The second-order valence-electron chi connectivity index (χ2n) is 4.20. The number of nitrogens with zero attached hydrogens (tertiary/aromatic N) is 1. The largest absolute Gasteiger partial charge is 0.478 e. The molecule has 1 aromatic carbocycles. The summed E-state index contributed by atoms with van der Waals surface area (Å²) < 4.78 is 0. The highest BCUT2D eigenvalue weighted by molar-refractivity contribution is 6.35. The summed E-state index contributed by atoms with van der Waals surface area (Å²) in [7, 11) is 0. The number of carboxylic acids is 1. The minimum absolute atomic E-state index is 0.0238. The molecule has 0 saturated carbocycles. The van der Waals surface area contributed by atoms with Crippen LogP contribution >= 0.6 is 23.2 Å². The molecule has 0 spiro atoms. The van der Waals surface area contributed by atoms with Crippen LogP contribution in [0.4, 0.5) is 5.69 Å². The molecule has 5 nitrogen and oxygen atoms in total. The van der Waals surface area contributed by atoms with Gasteiger partial charge in [0.05, 0.1) is 10.6 Å². The fourth-order valence-electron chi connectivity index (χ4n) is 1.76. The van der Waals surface area contributed by atoms with Gasteiger partial charge in [-0.15, -0.1) is 0 Å². The molecule has 0 atom stereocenters. The van der Waals surface area contributed by atoms with Gasteiger partial charge in [-0.3, -0.25) is 4.79 Å². The second kappa shape index (κ2) is 6.11. The van der Waals surface area contributed by atoms with Gasteiger partial charge in [-0.1, -0.05) is 29.3 Å². The Kier molecular flexibility index (Phi) is 4.45. The van der Waals surface area contributed by atoms with Crippen LogP contribution < -0.4 is 5.32 Å². The maximum absolute atomic E-state index is 12.2. The predicted molar refractivity (Wildman–Crippen MR) is 80.3 cm³/mol. The van der Waals surface area contributed by atoms with Crippen molar-refractivity contribution in [2.45, 2.75) is 6.92 Å². The highest BCUT2D eigenvalue weighted by Crippen LogP contribution is 2.22. The number of rotatable bonds is 3. The molecule has 0 aliphatic carbocycles. The first kappa shape index (κ1) is 15.3. The van der Waals surface area contributed by atoms with Crippen LogP contribution in [0.2, 0.25) is 10.2 Å². The molecular formula is C14H10Cl2N2O3. The van der Waals surface area contributed by atoms with E-state index in [1.807, 2.05) is 0 Å². The fraction of sp³-hybridized carbons (Fsp3) is 0.0714. The smallest absolute Gasteiger partial charge is 0.336 e. The van der Waals surface area contributed by atoms with Gasteiger partial charge in [-0.25, -0.2) is 9.78 Å². The third kappa shape index (κ3) is 3.32. The van der Waals surface area contributed by atoms with Gasteiger partial charge < -0.3 is 10.4 Å². The van der Waals surface area contributed by atoms with E-state index < -0.39 is 11.9 Å². The molecule has 1 aromatic heterocycles. The summed E-state index contributed by atoms with van der Waals surface area (Å²) in [6.45, 7) is 1.60. The summed E-state index contributed by atoms with van der Waals surface area (Å²) in [6.07, 6.45) is 0. The highest BCUT2D eigenvalue weighted by Gasteiger charge is 2.16. The molecule has 1 amide bonds. The Labute approximate surface area is 130 Å². The predicted octanol–water partition coefficient (Wildman–Crippen LogP) is 3.65. The Balaban J connectivity index is 2.34. The monoisotopic (exact) mass is 324 g/mol. The Morgan fingerprint density at radius 2 is 1.90 bits per heavy atom. The third-order valence-corrected chi connectivity index (χ3v) is 3.36. The molecule has 0 radical (unpaired) electrons. The SMILES string of the molecule is Cc1c(NC(=O)c2nc(Cl)ccc2Cl)cccc1C(=O)O. The molecule has 0 aliphatic heterocycles.